The number of benzene rings is 1. The highest BCUT2D eigenvalue weighted by atomic mass is 32.2. The summed E-state index contributed by atoms with van der Waals surface area (Å²) >= 11 is 0. The van der Waals surface area contributed by atoms with Crippen LogP contribution in [-0.4, -0.2) is 67.2 Å². The normalized spacial score (nSPS) is 20.6. The van der Waals surface area contributed by atoms with Gasteiger partial charge in [0.2, 0.25) is 15.9 Å². The molecule has 2 fully saturated rings. The molecule has 1 amide bonds. The van der Waals surface area contributed by atoms with Crippen molar-refractivity contribution in [3.8, 4) is 0 Å². The molecular weight excluding hydrogens is 408 g/mol. The topological polar surface area (TPSA) is 113 Å². The van der Waals surface area contributed by atoms with E-state index in [4.69, 9.17) is 0 Å². The number of carbonyl (C=O) groups is 1. The number of sulfonamides is 1. The Balaban J connectivity index is 1.53. The molecule has 0 spiro atoms. The lowest BCUT2D eigenvalue weighted by Crippen LogP contribution is -2.55. The number of non-ortho nitro benzene ring substituents is 1. The Kier molecular flexibility index (Phi) is 7.43. The number of hydrogen-bond acceptors (Lipinski definition) is 6. The molecule has 1 aromatic carbocycles. The predicted molar refractivity (Wildman–Crippen MR) is 112 cm³/mol. The third kappa shape index (κ3) is 5.35. The Labute approximate surface area is 177 Å². The van der Waals surface area contributed by atoms with E-state index in [-0.39, 0.29) is 35.6 Å². The monoisotopic (exact) mass is 438 g/mol. The van der Waals surface area contributed by atoms with Crippen LogP contribution in [0.15, 0.2) is 29.2 Å². The van der Waals surface area contributed by atoms with Crippen molar-refractivity contribution < 1.29 is 18.1 Å². The lowest BCUT2D eigenvalue weighted by atomic mass is 9.89. The van der Waals surface area contributed by atoms with Crippen molar-refractivity contribution in [2.45, 2.75) is 50.0 Å². The number of nitrogens with one attached hydrogen (secondary N) is 1. The first-order valence-corrected chi connectivity index (χ1v) is 12.0. The van der Waals surface area contributed by atoms with Gasteiger partial charge in [-0.15, -0.1) is 0 Å². The molecule has 1 saturated carbocycles. The van der Waals surface area contributed by atoms with E-state index in [1.807, 2.05) is 11.8 Å². The van der Waals surface area contributed by atoms with E-state index in [9.17, 15) is 23.3 Å². The summed E-state index contributed by atoms with van der Waals surface area (Å²) in [6, 6.07) is 4.78. The van der Waals surface area contributed by atoms with Crippen molar-refractivity contribution in [1.29, 1.82) is 0 Å². The number of nitro benzene ring substituents is 1. The van der Waals surface area contributed by atoms with Crippen molar-refractivity contribution in [3.63, 3.8) is 0 Å². The summed E-state index contributed by atoms with van der Waals surface area (Å²) in [5, 5.41) is 14.0. The lowest BCUT2D eigenvalue weighted by Gasteiger charge is -2.37. The third-order valence-electron chi connectivity index (χ3n) is 6.16. The summed E-state index contributed by atoms with van der Waals surface area (Å²) in [5.74, 6) is 0.544. The van der Waals surface area contributed by atoms with Crippen LogP contribution in [-0.2, 0) is 14.8 Å². The molecule has 10 heteroatoms. The average molecular weight is 439 g/mol. The molecule has 1 atom stereocenters. The molecule has 2 aliphatic rings. The van der Waals surface area contributed by atoms with Crippen LogP contribution >= 0.6 is 0 Å². The molecular formula is C20H30N4O5S. The van der Waals surface area contributed by atoms with Gasteiger partial charge in [0.15, 0.2) is 0 Å². The van der Waals surface area contributed by atoms with Gasteiger partial charge in [-0.25, -0.2) is 8.42 Å². The van der Waals surface area contributed by atoms with E-state index in [1.54, 1.807) is 0 Å². The first kappa shape index (κ1) is 22.6. The molecule has 0 radical (unpaired) electrons. The minimum Gasteiger partial charge on any atom is -0.354 e. The first-order chi connectivity index (χ1) is 14.3. The quantitative estimate of drug-likeness (QED) is 0.515. The van der Waals surface area contributed by atoms with Crippen LogP contribution in [0.25, 0.3) is 0 Å². The second-order valence-electron chi connectivity index (χ2n) is 8.12. The highest BCUT2D eigenvalue weighted by molar-refractivity contribution is 7.89. The zero-order valence-electron chi connectivity index (χ0n) is 17.3. The van der Waals surface area contributed by atoms with Crippen LogP contribution in [0.4, 0.5) is 5.69 Å². The van der Waals surface area contributed by atoms with Crippen LogP contribution in [0.5, 0.6) is 0 Å². The van der Waals surface area contributed by atoms with E-state index >= 15 is 0 Å². The Morgan fingerprint density at radius 3 is 2.50 bits per heavy atom. The Hall–Kier alpha value is -2.04. The van der Waals surface area contributed by atoms with Gasteiger partial charge in [-0.2, -0.15) is 4.31 Å². The molecule has 1 saturated heterocycles. The highest BCUT2D eigenvalue weighted by Crippen LogP contribution is 2.24. The molecule has 1 N–H and O–H groups in total. The van der Waals surface area contributed by atoms with Crippen LogP contribution in [0.3, 0.4) is 0 Å². The third-order valence-corrected chi connectivity index (χ3v) is 8.05. The number of carbonyl (C=O) groups excluding carboxylic acids is 1. The van der Waals surface area contributed by atoms with Gasteiger partial charge in [0.05, 0.1) is 15.9 Å². The molecule has 30 heavy (non-hydrogen) atoms. The van der Waals surface area contributed by atoms with Gasteiger partial charge >= 0.3 is 0 Å². The van der Waals surface area contributed by atoms with E-state index in [0.717, 1.165) is 6.07 Å². The molecule has 1 unspecified atom stereocenters. The number of nitrogens with zero attached hydrogens (tertiary/aromatic N) is 3. The SMILES string of the molecule is CC(C(=O)NCC1CCCCC1)N1CCN(S(=O)(=O)c2cccc([N+](=O)[O-])c2)CC1. The highest BCUT2D eigenvalue weighted by Gasteiger charge is 2.32. The Bertz CT molecular complexity index is 862. The largest absolute Gasteiger partial charge is 0.354 e. The molecule has 0 aromatic heterocycles. The molecule has 1 aromatic rings. The number of piperazine rings is 1. The first-order valence-electron chi connectivity index (χ1n) is 10.6. The minimum absolute atomic E-state index is 0.0180. The minimum atomic E-state index is -3.81. The fourth-order valence-corrected chi connectivity index (χ4v) is 5.65. The molecule has 1 heterocycles. The van der Waals surface area contributed by atoms with Crippen LogP contribution < -0.4 is 5.32 Å². The van der Waals surface area contributed by atoms with Gasteiger partial charge in [0, 0.05) is 44.9 Å². The zero-order chi connectivity index (χ0) is 21.7. The fraction of sp³-hybridized carbons (Fsp3) is 0.650. The van der Waals surface area contributed by atoms with Crippen LogP contribution in [0.1, 0.15) is 39.0 Å². The Morgan fingerprint density at radius 2 is 1.87 bits per heavy atom. The van der Waals surface area contributed by atoms with E-state index in [1.165, 1.54) is 54.6 Å². The van der Waals surface area contributed by atoms with Crippen molar-refractivity contribution in [2.24, 2.45) is 5.92 Å². The molecule has 166 valence electrons. The summed E-state index contributed by atoms with van der Waals surface area (Å²) in [7, 11) is -3.81. The van der Waals surface area contributed by atoms with Gasteiger partial charge in [-0.1, -0.05) is 25.3 Å². The average Bonchev–Trinajstić information content (AvgIpc) is 2.77. The molecule has 3 rings (SSSR count). The van der Waals surface area contributed by atoms with Crippen molar-refractivity contribution >= 4 is 21.6 Å². The van der Waals surface area contributed by atoms with Gasteiger partial charge in [-0.05, 0) is 31.7 Å². The summed E-state index contributed by atoms with van der Waals surface area (Å²) in [5.41, 5.74) is -0.252. The molecule has 0 bridgehead atoms. The Morgan fingerprint density at radius 1 is 1.20 bits per heavy atom. The van der Waals surface area contributed by atoms with Gasteiger partial charge in [0.25, 0.3) is 5.69 Å². The van der Waals surface area contributed by atoms with Crippen molar-refractivity contribution in [2.75, 3.05) is 32.7 Å². The maximum atomic E-state index is 12.9. The number of rotatable bonds is 7. The maximum absolute atomic E-state index is 12.9. The molecule has 1 aliphatic carbocycles. The summed E-state index contributed by atoms with van der Waals surface area (Å²) in [6.07, 6.45) is 6.09. The second kappa shape index (κ2) is 9.84. The lowest BCUT2D eigenvalue weighted by molar-refractivity contribution is -0.385. The number of nitro groups is 1. The molecule has 1 aliphatic heterocycles. The van der Waals surface area contributed by atoms with Gasteiger partial charge in [-0.3, -0.25) is 19.8 Å². The fourth-order valence-electron chi connectivity index (χ4n) is 4.19. The van der Waals surface area contributed by atoms with Gasteiger partial charge < -0.3 is 5.32 Å². The maximum Gasteiger partial charge on any atom is 0.270 e. The summed E-state index contributed by atoms with van der Waals surface area (Å²) < 4.78 is 27.0. The zero-order valence-corrected chi connectivity index (χ0v) is 18.1. The summed E-state index contributed by atoms with van der Waals surface area (Å²) in [4.78, 5) is 24.8. The van der Waals surface area contributed by atoms with E-state index in [0.29, 0.717) is 25.6 Å². The van der Waals surface area contributed by atoms with Gasteiger partial charge in [0.1, 0.15) is 0 Å². The molecule has 9 nitrogen and oxygen atoms in total. The van der Waals surface area contributed by atoms with E-state index in [2.05, 4.69) is 5.32 Å². The van der Waals surface area contributed by atoms with Crippen LogP contribution in [0.2, 0.25) is 0 Å². The van der Waals surface area contributed by atoms with Crippen molar-refractivity contribution in [3.05, 3.63) is 34.4 Å². The van der Waals surface area contributed by atoms with E-state index < -0.39 is 14.9 Å². The standard InChI is InChI=1S/C20H30N4O5S/c1-16(20(25)21-15-17-6-3-2-4-7-17)22-10-12-23(13-11-22)30(28,29)19-9-5-8-18(14-19)24(26)27/h5,8-9,14,16-17H,2-4,6-7,10-13,15H2,1H3,(H,21,25). The van der Waals surface area contributed by atoms with Crippen molar-refractivity contribution in [1.82, 2.24) is 14.5 Å². The predicted octanol–water partition coefficient (Wildman–Crippen LogP) is 1.99. The van der Waals surface area contributed by atoms with Crippen LogP contribution in [0, 0.1) is 16.0 Å². The smallest absolute Gasteiger partial charge is 0.270 e. The number of amides is 1. The number of hydrogen-bond donors (Lipinski definition) is 1. The summed E-state index contributed by atoms with van der Waals surface area (Å²) in [6.45, 7) is 3.92. The second-order valence-corrected chi connectivity index (χ2v) is 10.1.